The normalized spacial score (nSPS) is 15.8. The van der Waals surface area contributed by atoms with Gasteiger partial charge in [-0.3, -0.25) is 4.79 Å². The average Bonchev–Trinajstić information content (AvgIpc) is 3.33. The van der Waals surface area contributed by atoms with Crippen LogP contribution in [-0.2, 0) is 31.4 Å². The second kappa shape index (κ2) is 10.4. The van der Waals surface area contributed by atoms with Crippen LogP contribution < -0.4 is 14.8 Å². The van der Waals surface area contributed by atoms with Crippen molar-refractivity contribution in [3.8, 4) is 5.75 Å². The third-order valence-electron chi connectivity index (χ3n) is 5.25. The number of methoxy groups -OCH3 is 1. The third kappa shape index (κ3) is 6.04. The highest BCUT2D eigenvalue weighted by Gasteiger charge is 2.27. The summed E-state index contributed by atoms with van der Waals surface area (Å²) in [4.78, 5) is 12.5. The van der Waals surface area contributed by atoms with Crippen molar-refractivity contribution in [1.29, 1.82) is 0 Å². The second-order valence-electron chi connectivity index (χ2n) is 7.61. The SMILES string of the molecule is COc1ccc(S(=O)(=O)N[C@@H](C)C(=O)NCc2ccc(S(=O)(=O)N3CCCC3)cc2)cc1Cl. The topological polar surface area (TPSA) is 122 Å². The number of ether oxygens (including phenoxy) is 1. The molecule has 1 amide bonds. The van der Waals surface area contributed by atoms with Gasteiger partial charge in [0.2, 0.25) is 26.0 Å². The minimum atomic E-state index is -3.99. The highest BCUT2D eigenvalue weighted by Crippen LogP contribution is 2.27. The van der Waals surface area contributed by atoms with Crippen LogP contribution in [0.2, 0.25) is 5.02 Å². The molecule has 0 unspecified atom stereocenters. The molecular formula is C21H26ClN3O6S2. The first-order chi connectivity index (χ1) is 15.5. The molecule has 2 aromatic rings. The van der Waals surface area contributed by atoms with E-state index in [2.05, 4.69) is 10.0 Å². The molecule has 2 aromatic carbocycles. The van der Waals surface area contributed by atoms with E-state index in [-0.39, 0.29) is 21.4 Å². The molecule has 1 heterocycles. The van der Waals surface area contributed by atoms with Gasteiger partial charge < -0.3 is 10.1 Å². The lowest BCUT2D eigenvalue weighted by Gasteiger charge is -2.16. The monoisotopic (exact) mass is 515 g/mol. The number of hydrogen-bond donors (Lipinski definition) is 2. The molecule has 2 N–H and O–H groups in total. The maximum atomic E-state index is 12.6. The van der Waals surface area contributed by atoms with E-state index in [1.54, 1.807) is 12.1 Å². The number of amides is 1. The van der Waals surface area contributed by atoms with Gasteiger partial charge in [0.15, 0.2) is 0 Å². The van der Waals surface area contributed by atoms with Gasteiger partial charge in [-0.05, 0) is 55.7 Å². The summed E-state index contributed by atoms with van der Waals surface area (Å²) in [5, 5.41) is 2.78. The molecule has 180 valence electrons. The predicted molar refractivity (Wildman–Crippen MR) is 124 cm³/mol. The van der Waals surface area contributed by atoms with E-state index >= 15 is 0 Å². The quantitative estimate of drug-likeness (QED) is 0.527. The van der Waals surface area contributed by atoms with Crippen molar-refractivity contribution in [2.75, 3.05) is 20.2 Å². The van der Waals surface area contributed by atoms with E-state index in [9.17, 15) is 21.6 Å². The molecule has 12 heteroatoms. The first-order valence-corrected chi connectivity index (χ1v) is 13.6. The molecule has 0 saturated carbocycles. The molecule has 3 rings (SSSR count). The minimum Gasteiger partial charge on any atom is -0.495 e. The number of sulfonamides is 2. The van der Waals surface area contributed by atoms with Gasteiger partial charge >= 0.3 is 0 Å². The summed E-state index contributed by atoms with van der Waals surface area (Å²) < 4.78 is 59.1. The number of halogens is 1. The van der Waals surface area contributed by atoms with Crippen molar-refractivity contribution >= 4 is 37.6 Å². The number of hydrogen-bond acceptors (Lipinski definition) is 6. The minimum absolute atomic E-state index is 0.0947. The van der Waals surface area contributed by atoms with E-state index in [0.717, 1.165) is 12.8 Å². The molecule has 1 aliphatic rings. The molecule has 0 aromatic heterocycles. The van der Waals surface area contributed by atoms with Gasteiger partial charge in [-0.25, -0.2) is 16.8 Å². The Morgan fingerprint density at radius 1 is 1.06 bits per heavy atom. The number of carbonyl (C=O) groups excluding carboxylic acids is 1. The Hall–Kier alpha value is -2.18. The Kier molecular flexibility index (Phi) is 8.01. The summed E-state index contributed by atoms with van der Waals surface area (Å²) in [6.45, 7) is 2.58. The maximum Gasteiger partial charge on any atom is 0.243 e. The lowest BCUT2D eigenvalue weighted by atomic mass is 10.2. The molecular weight excluding hydrogens is 490 g/mol. The molecule has 1 aliphatic heterocycles. The fourth-order valence-electron chi connectivity index (χ4n) is 3.37. The second-order valence-corrected chi connectivity index (χ2v) is 11.7. The molecule has 9 nitrogen and oxygen atoms in total. The van der Waals surface area contributed by atoms with Gasteiger partial charge in [-0.2, -0.15) is 9.03 Å². The fourth-order valence-corrected chi connectivity index (χ4v) is 6.44. The Morgan fingerprint density at radius 2 is 1.67 bits per heavy atom. The van der Waals surface area contributed by atoms with Gasteiger partial charge in [0.25, 0.3) is 0 Å². The average molecular weight is 516 g/mol. The van der Waals surface area contributed by atoms with Gasteiger partial charge in [-0.1, -0.05) is 23.7 Å². The Bertz CT molecular complexity index is 1210. The molecule has 0 aliphatic carbocycles. The maximum absolute atomic E-state index is 12.6. The van der Waals surface area contributed by atoms with Crippen molar-refractivity contribution < 1.29 is 26.4 Å². The largest absolute Gasteiger partial charge is 0.495 e. The summed E-state index contributed by atoms with van der Waals surface area (Å²) >= 11 is 5.99. The van der Waals surface area contributed by atoms with Gasteiger partial charge in [-0.15, -0.1) is 0 Å². The van der Waals surface area contributed by atoms with E-state index in [4.69, 9.17) is 16.3 Å². The summed E-state index contributed by atoms with van der Waals surface area (Å²) in [5.41, 5.74) is 0.681. The molecule has 1 fully saturated rings. The van der Waals surface area contributed by atoms with Crippen molar-refractivity contribution in [2.24, 2.45) is 0 Å². The molecule has 1 saturated heterocycles. The zero-order valence-electron chi connectivity index (χ0n) is 18.2. The zero-order valence-corrected chi connectivity index (χ0v) is 20.6. The van der Waals surface area contributed by atoms with Crippen LogP contribution in [0.5, 0.6) is 5.75 Å². The first-order valence-electron chi connectivity index (χ1n) is 10.3. The summed E-state index contributed by atoms with van der Waals surface area (Å²) in [5.74, 6) is -0.201. The van der Waals surface area contributed by atoms with E-state index in [0.29, 0.717) is 24.4 Å². The molecule has 33 heavy (non-hydrogen) atoms. The van der Waals surface area contributed by atoms with Crippen LogP contribution in [0, 0.1) is 0 Å². The molecule has 1 atom stereocenters. The van der Waals surface area contributed by atoms with Crippen LogP contribution >= 0.6 is 11.6 Å². The number of nitrogens with one attached hydrogen (secondary N) is 2. The van der Waals surface area contributed by atoms with Crippen molar-refractivity contribution in [1.82, 2.24) is 14.3 Å². The van der Waals surface area contributed by atoms with Crippen LogP contribution in [0.15, 0.2) is 52.3 Å². The summed E-state index contributed by atoms with van der Waals surface area (Å²) in [7, 11) is -6.07. The van der Waals surface area contributed by atoms with Crippen LogP contribution in [0.4, 0.5) is 0 Å². The van der Waals surface area contributed by atoms with Gasteiger partial charge in [0.05, 0.1) is 28.0 Å². The highest BCUT2D eigenvalue weighted by atomic mass is 35.5. The smallest absolute Gasteiger partial charge is 0.243 e. The van der Waals surface area contributed by atoms with Crippen LogP contribution in [0.1, 0.15) is 25.3 Å². The van der Waals surface area contributed by atoms with Gasteiger partial charge in [0.1, 0.15) is 5.75 Å². The van der Waals surface area contributed by atoms with E-state index in [1.807, 2.05) is 0 Å². The number of benzene rings is 2. The van der Waals surface area contributed by atoms with Crippen molar-refractivity contribution in [3.05, 3.63) is 53.1 Å². The lowest BCUT2D eigenvalue weighted by Crippen LogP contribution is -2.44. The number of rotatable bonds is 9. The van der Waals surface area contributed by atoms with Crippen LogP contribution in [0.25, 0.3) is 0 Å². The zero-order chi connectivity index (χ0) is 24.2. The predicted octanol–water partition coefficient (Wildman–Crippen LogP) is 2.12. The van der Waals surface area contributed by atoms with Crippen LogP contribution in [0.3, 0.4) is 0 Å². The summed E-state index contributed by atoms with van der Waals surface area (Å²) in [6.07, 6.45) is 1.72. The molecule has 0 radical (unpaired) electrons. The standard InChI is InChI=1S/C21H26ClN3O6S2/c1-15(24-32(27,28)18-9-10-20(31-2)19(22)13-18)21(26)23-14-16-5-7-17(8-6-16)33(29,30)25-11-3-4-12-25/h5-10,13,15,24H,3-4,11-12,14H2,1-2H3,(H,23,26)/t15-/m0/s1. The molecule has 0 bridgehead atoms. The third-order valence-corrected chi connectivity index (χ3v) is 9.00. The Balaban J connectivity index is 1.58. The number of carbonyl (C=O) groups is 1. The van der Waals surface area contributed by atoms with Crippen molar-refractivity contribution in [2.45, 2.75) is 42.1 Å². The Morgan fingerprint density at radius 3 is 2.24 bits per heavy atom. The molecule has 0 spiro atoms. The summed E-state index contributed by atoms with van der Waals surface area (Å²) in [6, 6.07) is 9.21. The van der Waals surface area contributed by atoms with E-state index in [1.165, 1.54) is 48.7 Å². The fraction of sp³-hybridized carbons (Fsp3) is 0.381. The van der Waals surface area contributed by atoms with Gasteiger partial charge in [0, 0.05) is 19.6 Å². The lowest BCUT2D eigenvalue weighted by molar-refractivity contribution is -0.122. The van der Waals surface area contributed by atoms with Crippen LogP contribution in [-0.4, -0.2) is 53.3 Å². The number of nitrogens with zero attached hydrogens (tertiary/aromatic N) is 1. The Labute approximate surface area is 199 Å². The van der Waals surface area contributed by atoms with Crippen molar-refractivity contribution in [3.63, 3.8) is 0 Å². The van der Waals surface area contributed by atoms with E-state index < -0.39 is 32.0 Å². The highest BCUT2D eigenvalue weighted by molar-refractivity contribution is 7.89. The first kappa shape index (κ1) is 25.4.